The lowest BCUT2D eigenvalue weighted by atomic mass is 10.1. The maximum Gasteiger partial charge on any atom is 0.270 e. The molecule has 0 aliphatic heterocycles. The van der Waals surface area contributed by atoms with E-state index in [1.54, 1.807) is 12.5 Å². The standard InChI is InChI=1S/C8H7F2/c9-8(10)6-7-4-2-1-3-5-7/h1-4,6H,5H2. The summed E-state index contributed by atoms with van der Waals surface area (Å²) in [4.78, 5) is 0. The smallest absolute Gasteiger partial charge is 0.173 e. The van der Waals surface area contributed by atoms with Crippen molar-refractivity contribution in [3.05, 3.63) is 42.4 Å². The Kier molecular flexibility index (Phi) is 2.37. The summed E-state index contributed by atoms with van der Waals surface area (Å²) >= 11 is 0. The van der Waals surface area contributed by atoms with Crippen LogP contribution in [0.15, 0.2) is 36.0 Å². The van der Waals surface area contributed by atoms with Crippen LogP contribution in [0.25, 0.3) is 0 Å². The van der Waals surface area contributed by atoms with E-state index in [0.717, 1.165) is 6.08 Å². The predicted octanol–water partition coefficient (Wildman–Crippen LogP) is 2.86. The van der Waals surface area contributed by atoms with E-state index in [1.165, 1.54) is 0 Å². The van der Waals surface area contributed by atoms with Gasteiger partial charge in [0.1, 0.15) is 0 Å². The Bertz CT molecular complexity index is 195. The van der Waals surface area contributed by atoms with E-state index >= 15 is 0 Å². The Morgan fingerprint density at radius 1 is 1.50 bits per heavy atom. The van der Waals surface area contributed by atoms with Gasteiger partial charge in [-0.2, -0.15) is 8.78 Å². The molecule has 0 bridgehead atoms. The Morgan fingerprint density at radius 3 is 2.80 bits per heavy atom. The van der Waals surface area contributed by atoms with Gasteiger partial charge in [0, 0.05) is 12.5 Å². The summed E-state index contributed by atoms with van der Waals surface area (Å²) in [6.45, 7) is 0. The van der Waals surface area contributed by atoms with Crippen molar-refractivity contribution in [1.82, 2.24) is 0 Å². The molecule has 0 spiro atoms. The van der Waals surface area contributed by atoms with Gasteiger partial charge < -0.3 is 0 Å². The minimum atomic E-state index is -1.63. The van der Waals surface area contributed by atoms with Crippen molar-refractivity contribution >= 4 is 0 Å². The second kappa shape index (κ2) is 3.30. The van der Waals surface area contributed by atoms with Gasteiger partial charge in [-0.1, -0.05) is 18.2 Å². The molecule has 0 heterocycles. The summed E-state index contributed by atoms with van der Waals surface area (Å²) in [5.41, 5.74) is 0.655. The van der Waals surface area contributed by atoms with E-state index in [1.807, 2.05) is 12.2 Å². The Morgan fingerprint density at radius 2 is 2.30 bits per heavy atom. The first-order chi connectivity index (χ1) is 4.79. The molecule has 2 heteroatoms. The molecule has 0 amide bonds. The van der Waals surface area contributed by atoms with Crippen molar-refractivity contribution in [3.63, 3.8) is 0 Å². The third-order valence-electron chi connectivity index (χ3n) is 1.21. The Hall–Kier alpha value is -0.920. The third kappa shape index (κ3) is 2.13. The summed E-state index contributed by atoms with van der Waals surface area (Å²) < 4.78 is 23.2. The predicted molar refractivity (Wildman–Crippen MR) is 36.4 cm³/mol. The van der Waals surface area contributed by atoms with E-state index in [4.69, 9.17) is 0 Å². The van der Waals surface area contributed by atoms with Crippen LogP contribution in [-0.4, -0.2) is 0 Å². The zero-order chi connectivity index (χ0) is 7.40. The van der Waals surface area contributed by atoms with Crippen molar-refractivity contribution in [2.75, 3.05) is 0 Å². The van der Waals surface area contributed by atoms with Gasteiger partial charge in [0.15, 0.2) is 0 Å². The van der Waals surface area contributed by atoms with Crippen molar-refractivity contribution in [2.45, 2.75) is 6.42 Å². The highest BCUT2D eigenvalue weighted by Crippen LogP contribution is 2.14. The van der Waals surface area contributed by atoms with Crippen molar-refractivity contribution < 1.29 is 8.78 Å². The normalized spacial score (nSPS) is 16.4. The quantitative estimate of drug-likeness (QED) is 0.526. The molecule has 1 aliphatic carbocycles. The third-order valence-corrected chi connectivity index (χ3v) is 1.21. The molecule has 0 aromatic rings. The number of halogens is 2. The van der Waals surface area contributed by atoms with Gasteiger partial charge in [0.25, 0.3) is 6.08 Å². The van der Waals surface area contributed by atoms with Gasteiger partial charge in [-0.15, -0.1) is 0 Å². The second-order valence-corrected chi connectivity index (χ2v) is 2.00. The molecule has 10 heavy (non-hydrogen) atoms. The fraction of sp³-hybridized carbons (Fsp3) is 0.125. The number of hydrogen-bond acceptors (Lipinski definition) is 0. The lowest BCUT2D eigenvalue weighted by Crippen LogP contribution is -1.82. The van der Waals surface area contributed by atoms with Gasteiger partial charge >= 0.3 is 0 Å². The summed E-state index contributed by atoms with van der Waals surface area (Å²) in [5, 5.41) is 0. The first-order valence-corrected chi connectivity index (χ1v) is 3.01. The molecule has 1 aliphatic rings. The SMILES string of the molecule is FC(F)=CC1=C[CH]C=CC1. The van der Waals surface area contributed by atoms with Crippen LogP contribution >= 0.6 is 0 Å². The first kappa shape index (κ1) is 7.19. The van der Waals surface area contributed by atoms with Crippen LogP contribution in [0.3, 0.4) is 0 Å². The average Bonchev–Trinajstić information content (AvgIpc) is 1.88. The molecule has 1 rings (SSSR count). The van der Waals surface area contributed by atoms with E-state index < -0.39 is 6.08 Å². The van der Waals surface area contributed by atoms with Gasteiger partial charge in [0.05, 0.1) is 0 Å². The molecule has 0 aromatic carbocycles. The number of allylic oxidation sites excluding steroid dienone is 5. The molecule has 0 nitrogen and oxygen atoms in total. The maximum atomic E-state index is 11.6. The highest BCUT2D eigenvalue weighted by atomic mass is 19.3. The molecule has 0 N–H and O–H groups in total. The zero-order valence-corrected chi connectivity index (χ0v) is 5.35. The van der Waals surface area contributed by atoms with Gasteiger partial charge in [-0.3, -0.25) is 0 Å². The van der Waals surface area contributed by atoms with Gasteiger partial charge in [-0.05, 0) is 12.0 Å². The largest absolute Gasteiger partial charge is 0.270 e. The highest BCUT2D eigenvalue weighted by Gasteiger charge is 1.96. The minimum absolute atomic E-state index is 0.605. The molecule has 0 unspecified atom stereocenters. The molecule has 0 saturated heterocycles. The topological polar surface area (TPSA) is 0 Å². The zero-order valence-electron chi connectivity index (χ0n) is 5.35. The van der Waals surface area contributed by atoms with Crippen LogP contribution in [0.5, 0.6) is 0 Å². The number of hydrogen-bond donors (Lipinski definition) is 0. The molecule has 53 valence electrons. The maximum absolute atomic E-state index is 11.6. The van der Waals surface area contributed by atoms with Crippen molar-refractivity contribution in [1.29, 1.82) is 0 Å². The monoisotopic (exact) mass is 141 g/mol. The second-order valence-electron chi connectivity index (χ2n) is 2.00. The van der Waals surface area contributed by atoms with Crippen LogP contribution in [-0.2, 0) is 0 Å². The fourth-order valence-electron chi connectivity index (χ4n) is 0.777. The molecule has 0 fully saturated rings. The summed E-state index contributed by atoms with van der Waals surface area (Å²) in [6, 6.07) is 0. The lowest BCUT2D eigenvalue weighted by Gasteiger charge is -1.99. The summed E-state index contributed by atoms with van der Waals surface area (Å²) in [6.07, 6.45) is 6.98. The van der Waals surface area contributed by atoms with E-state index in [2.05, 4.69) is 0 Å². The fourth-order valence-corrected chi connectivity index (χ4v) is 0.777. The molecule has 0 aromatic heterocycles. The van der Waals surface area contributed by atoms with E-state index in [9.17, 15) is 8.78 Å². The van der Waals surface area contributed by atoms with E-state index in [0.29, 0.717) is 12.0 Å². The van der Waals surface area contributed by atoms with Gasteiger partial charge in [-0.25, -0.2) is 0 Å². The van der Waals surface area contributed by atoms with Crippen LogP contribution in [0.2, 0.25) is 0 Å². The van der Waals surface area contributed by atoms with E-state index in [-0.39, 0.29) is 0 Å². The van der Waals surface area contributed by atoms with Crippen LogP contribution in [0, 0.1) is 6.42 Å². The summed E-state index contributed by atoms with van der Waals surface area (Å²) in [5.74, 6) is 0. The molecular weight excluding hydrogens is 134 g/mol. The Balaban J connectivity index is 2.57. The van der Waals surface area contributed by atoms with Crippen LogP contribution in [0.1, 0.15) is 6.42 Å². The Labute approximate surface area is 58.6 Å². The van der Waals surface area contributed by atoms with Crippen LogP contribution in [0.4, 0.5) is 8.78 Å². The van der Waals surface area contributed by atoms with Gasteiger partial charge in [0.2, 0.25) is 0 Å². The molecule has 0 atom stereocenters. The molecule has 1 radical (unpaired) electrons. The average molecular weight is 141 g/mol. The summed E-state index contributed by atoms with van der Waals surface area (Å²) in [7, 11) is 0. The first-order valence-electron chi connectivity index (χ1n) is 3.01. The molecular formula is C8H7F2. The minimum Gasteiger partial charge on any atom is -0.173 e. The van der Waals surface area contributed by atoms with Crippen molar-refractivity contribution in [3.8, 4) is 0 Å². The lowest BCUT2D eigenvalue weighted by molar-refractivity contribution is 0.421. The number of rotatable bonds is 1. The molecule has 0 saturated carbocycles. The highest BCUT2D eigenvalue weighted by molar-refractivity contribution is 5.31. The van der Waals surface area contributed by atoms with Crippen LogP contribution < -0.4 is 0 Å². The van der Waals surface area contributed by atoms with Crippen molar-refractivity contribution in [2.24, 2.45) is 0 Å².